The Morgan fingerprint density at radius 3 is 3.12 bits per heavy atom. The van der Waals surface area contributed by atoms with Gasteiger partial charge in [-0.15, -0.1) is 0 Å². The minimum Gasteiger partial charge on any atom is -0.379 e. The van der Waals surface area contributed by atoms with Gasteiger partial charge in [0.15, 0.2) is 0 Å². The zero-order valence-electron chi connectivity index (χ0n) is 15.1. The number of nitrogens with one attached hydrogen (secondary N) is 1. The second-order valence-corrected chi connectivity index (χ2v) is 6.72. The number of nitrogens with zero attached hydrogens (tertiary/aromatic N) is 3. The van der Waals surface area contributed by atoms with E-state index in [0.717, 1.165) is 24.0 Å². The number of fused-ring (bicyclic) bond motifs is 1. The molecule has 1 aliphatic rings. The summed E-state index contributed by atoms with van der Waals surface area (Å²) in [6, 6.07) is 5.42. The fourth-order valence-electron chi connectivity index (χ4n) is 2.97. The number of likely N-dealkylation sites (N-methyl/N-ethyl adjacent to an activating group) is 1. The van der Waals surface area contributed by atoms with Crippen molar-refractivity contribution in [2.75, 3.05) is 40.5 Å². The third-order valence-corrected chi connectivity index (χ3v) is 4.47. The van der Waals surface area contributed by atoms with Crippen LogP contribution in [0.3, 0.4) is 0 Å². The molecule has 1 fully saturated rings. The van der Waals surface area contributed by atoms with E-state index in [2.05, 4.69) is 15.2 Å². The van der Waals surface area contributed by atoms with Crippen LogP contribution < -0.4 is 5.32 Å². The standard InChI is InChI=1S/C18H26N4O3/c1-21(2)7-9-25-17-6-8-24-11-15(17)20-18(23)13-4-5-16-14(10-13)19-12-22(16)3/h4-5,10,12,15,17H,6-9,11H2,1-3H3,(H,20,23)/t15-,17+/m1/s1. The molecule has 7 nitrogen and oxygen atoms in total. The number of imidazole rings is 1. The molecule has 2 heterocycles. The largest absolute Gasteiger partial charge is 0.379 e. The molecule has 136 valence electrons. The molecule has 0 unspecified atom stereocenters. The summed E-state index contributed by atoms with van der Waals surface area (Å²) >= 11 is 0. The lowest BCUT2D eigenvalue weighted by Gasteiger charge is -2.32. The first-order valence-electron chi connectivity index (χ1n) is 8.60. The van der Waals surface area contributed by atoms with Crippen LogP contribution in [-0.2, 0) is 16.5 Å². The quantitative estimate of drug-likeness (QED) is 0.846. The van der Waals surface area contributed by atoms with E-state index in [1.165, 1.54) is 0 Å². The molecule has 1 aromatic heterocycles. The van der Waals surface area contributed by atoms with Crippen molar-refractivity contribution < 1.29 is 14.3 Å². The first kappa shape index (κ1) is 17.8. The highest BCUT2D eigenvalue weighted by atomic mass is 16.5. The molecule has 7 heteroatoms. The second kappa shape index (κ2) is 7.95. The second-order valence-electron chi connectivity index (χ2n) is 6.72. The smallest absolute Gasteiger partial charge is 0.251 e. The van der Waals surface area contributed by atoms with Crippen LogP contribution in [0.25, 0.3) is 11.0 Å². The lowest BCUT2D eigenvalue weighted by molar-refractivity contribution is -0.0561. The van der Waals surface area contributed by atoms with Gasteiger partial charge >= 0.3 is 0 Å². The number of carbonyl (C=O) groups is 1. The minimum absolute atomic E-state index is 0.0174. The molecule has 0 bridgehead atoms. The third kappa shape index (κ3) is 4.36. The molecule has 3 rings (SSSR count). The Balaban J connectivity index is 1.64. The molecule has 1 amide bonds. The molecular formula is C18H26N4O3. The fourth-order valence-corrected chi connectivity index (χ4v) is 2.97. The van der Waals surface area contributed by atoms with Gasteiger partial charge in [-0.1, -0.05) is 0 Å². The number of aromatic nitrogens is 2. The van der Waals surface area contributed by atoms with Crippen molar-refractivity contribution in [3.63, 3.8) is 0 Å². The molecule has 0 spiro atoms. The lowest BCUT2D eigenvalue weighted by Crippen LogP contribution is -2.51. The van der Waals surface area contributed by atoms with Crippen molar-refractivity contribution in [3.8, 4) is 0 Å². The first-order valence-corrected chi connectivity index (χ1v) is 8.60. The molecule has 1 saturated heterocycles. The summed E-state index contributed by atoms with van der Waals surface area (Å²) in [4.78, 5) is 19.0. The van der Waals surface area contributed by atoms with Gasteiger partial charge in [-0.2, -0.15) is 0 Å². The van der Waals surface area contributed by atoms with E-state index in [9.17, 15) is 4.79 Å². The van der Waals surface area contributed by atoms with E-state index in [1.807, 2.05) is 43.9 Å². The van der Waals surface area contributed by atoms with Gasteiger partial charge in [0.1, 0.15) is 0 Å². The maximum absolute atomic E-state index is 12.6. The predicted molar refractivity (Wildman–Crippen MR) is 95.7 cm³/mol. The van der Waals surface area contributed by atoms with Crippen molar-refractivity contribution in [2.24, 2.45) is 7.05 Å². The SMILES string of the molecule is CN(C)CCO[C@H]1CCOC[C@H]1NC(=O)c1ccc2c(c1)ncn2C. The predicted octanol–water partition coefficient (Wildman–Crippen LogP) is 1.04. The van der Waals surface area contributed by atoms with Crippen molar-refractivity contribution in [1.82, 2.24) is 19.8 Å². The summed E-state index contributed by atoms with van der Waals surface area (Å²) in [7, 11) is 5.96. The molecule has 2 aromatic rings. The maximum atomic E-state index is 12.6. The van der Waals surface area contributed by atoms with E-state index < -0.39 is 0 Å². The van der Waals surface area contributed by atoms with E-state index in [1.54, 1.807) is 6.33 Å². The molecule has 0 aliphatic carbocycles. The van der Waals surface area contributed by atoms with Crippen molar-refractivity contribution in [1.29, 1.82) is 0 Å². The molecule has 1 N–H and O–H groups in total. The highest BCUT2D eigenvalue weighted by molar-refractivity contribution is 5.97. The van der Waals surface area contributed by atoms with Crippen molar-refractivity contribution >= 4 is 16.9 Å². The summed E-state index contributed by atoms with van der Waals surface area (Å²) in [6.07, 6.45) is 2.52. The van der Waals surface area contributed by atoms with Crippen LogP contribution in [0.4, 0.5) is 0 Å². The zero-order chi connectivity index (χ0) is 17.8. The molecule has 0 saturated carbocycles. The highest BCUT2D eigenvalue weighted by Gasteiger charge is 2.28. The summed E-state index contributed by atoms with van der Waals surface area (Å²) in [5.74, 6) is -0.121. The van der Waals surface area contributed by atoms with Crippen LogP contribution in [0.5, 0.6) is 0 Å². The van der Waals surface area contributed by atoms with Crippen molar-refractivity contribution in [2.45, 2.75) is 18.6 Å². The molecule has 1 aliphatic heterocycles. The summed E-state index contributed by atoms with van der Waals surface area (Å²) < 4.78 is 13.4. The lowest BCUT2D eigenvalue weighted by atomic mass is 10.1. The van der Waals surface area contributed by atoms with E-state index in [4.69, 9.17) is 9.47 Å². The summed E-state index contributed by atoms with van der Waals surface area (Å²) in [6.45, 7) is 2.64. The van der Waals surface area contributed by atoms with Gasteiger partial charge in [0.2, 0.25) is 0 Å². The van der Waals surface area contributed by atoms with E-state index >= 15 is 0 Å². The molecule has 2 atom stereocenters. The number of ether oxygens (including phenoxy) is 2. The number of benzene rings is 1. The Bertz CT molecular complexity index is 728. The van der Waals surface area contributed by atoms with Gasteiger partial charge in [0, 0.05) is 25.8 Å². The van der Waals surface area contributed by atoms with Crippen LogP contribution in [0.15, 0.2) is 24.5 Å². The van der Waals surface area contributed by atoms with Crippen molar-refractivity contribution in [3.05, 3.63) is 30.1 Å². The number of hydrogen-bond acceptors (Lipinski definition) is 5. The Morgan fingerprint density at radius 2 is 2.32 bits per heavy atom. The first-order chi connectivity index (χ1) is 12.0. The summed E-state index contributed by atoms with van der Waals surface area (Å²) in [5, 5.41) is 3.06. The van der Waals surface area contributed by atoms with Crippen LogP contribution in [0.2, 0.25) is 0 Å². The normalized spacial score (nSPS) is 21.0. The average Bonchev–Trinajstić information content (AvgIpc) is 2.96. The fraction of sp³-hybridized carbons (Fsp3) is 0.556. The van der Waals surface area contributed by atoms with Crippen LogP contribution in [0.1, 0.15) is 16.8 Å². The molecular weight excluding hydrogens is 320 g/mol. The number of rotatable bonds is 6. The van der Waals surface area contributed by atoms with Gasteiger partial charge < -0.3 is 24.3 Å². The van der Waals surface area contributed by atoms with E-state index in [0.29, 0.717) is 25.4 Å². The monoisotopic (exact) mass is 346 g/mol. The number of carbonyl (C=O) groups excluding carboxylic acids is 1. The Kier molecular flexibility index (Phi) is 5.67. The number of amides is 1. The summed E-state index contributed by atoms with van der Waals surface area (Å²) in [5.41, 5.74) is 2.42. The molecule has 0 radical (unpaired) electrons. The van der Waals surface area contributed by atoms with Gasteiger partial charge in [0.25, 0.3) is 5.91 Å². The van der Waals surface area contributed by atoms with Gasteiger partial charge in [-0.05, 0) is 38.7 Å². The highest BCUT2D eigenvalue weighted by Crippen LogP contribution is 2.16. The third-order valence-electron chi connectivity index (χ3n) is 4.47. The number of aryl methyl sites for hydroxylation is 1. The Morgan fingerprint density at radius 1 is 1.48 bits per heavy atom. The van der Waals surface area contributed by atoms with Crippen LogP contribution in [-0.4, -0.2) is 73.0 Å². The van der Waals surface area contributed by atoms with Gasteiger partial charge in [0.05, 0.1) is 42.7 Å². The Hall–Kier alpha value is -1.96. The average molecular weight is 346 g/mol. The molecule has 1 aromatic carbocycles. The maximum Gasteiger partial charge on any atom is 0.251 e. The van der Waals surface area contributed by atoms with Crippen LogP contribution in [0, 0.1) is 0 Å². The zero-order valence-corrected chi connectivity index (χ0v) is 15.1. The van der Waals surface area contributed by atoms with Crippen LogP contribution >= 0.6 is 0 Å². The van der Waals surface area contributed by atoms with Gasteiger partial charge in [-0.25, -0.2) is 4.98 Å². The van der Waals surface area contributed by atoms with Gasteiger partial charge in [-0.3, -0.25) is 4.79 Å². The van der Waals surface area contributed by atoms with E-state index in [-0.39, 0.29) is 18.1 Å². The Labute approximate surface area is 147 Å². The minimum atomic E-state index is -0.136. The molecule has 25 heavy (non-hydrogen) atoms. The number of hydrogen-bond donors (Lipinski definition) is 1. The topological polar surface area (TPSA) is 68.6 Å².